The molecule has 0 fully saturated rings. The Morgan fingerprint density at radius 2 is 1.65 bits per heavy atom. The number of aromatic nitrogens is 3. The summed E-state index contributed by atoms with van der Waals surface area (Å²) in [6.07, 6.45) is 2.53. The van der Waals surface area contributed by atoms with Gasteiger partial charge in [-0.25, -0.2) is 4.98 Å². The Morgan fingerprint density at radius 1 is 0.957 bits per heavy atom. The van der Waals surface area contributed by atoms with Crippen LogP contribution in [0.2, 0.25) is 15.1 Å². The Bertz CT molecular complexity index is 859. The largest absolute Gasteiger partial charge is 0.224 e. The summed E-state index contributed by atoms with van der Waals surface area (Å²) in [7, 11) is 0. The van der Waals surface area contributed by atoms with Crippen LogP contribution < -0.4 is 0 Å². The van der Waals surface area contributed by atoms with Gasteiger partial charge in [-0.05, 0) is 29.8 Å². The highest BCUT2D eigenvalue weighted by molar-refractivity contribution is 6.36. The maximum atomic E-state index is 15.0. The summed E-state index contributed by atoms with van der Waals surface area (Å²) < 4.78 is 16.0. The van der Waals surface area contributed by atoms with Gasteiger partial charge in [0.25, 0.3) is 0 Å². The summed E-state index contributed by atoms with van der Waals surface area (Å²) in [6, 6.07) is 11.6. The number of nitrogens with zero attached hydrogens (tertiary/aromatic N) is 3. The number of hydrogen-bond acceptors (Lipinski definition) is 2. The van der Waals surface area contributed by atoms with E-state index in [1.807, 2.05) is 0 Å². The van der Waals surface area contributed by atoms with Gasteiger partial charge >= 0.3 is 0 Å². The maximum Gasteiger partial charge on any atom is 0.224 e. The fourth-order valence-electron chi connectivity index (χ4n) is 2.12. The van der Waals surface area contributed by atoms with Crippen LogP contribution in [0.4, 0.5) is 4.39 Å². The maximum absolute atomic E-state index is 15.0. The van der Waals surface area contributed by atoms with E-state index in [2.05, 4.69) is 10.1 Å². The predicted molar refractivity (Wildman–Crippen MR) is 91.3 cm³/mol. The van der Waals surface area contributed by atoms with Crippen LogP contribution in [-0.2, 0) is 0 Å². The molecule has 0 radical (unpaired) electrons. The van der Waals surface area contributed by atoms with Gasteiger partial charge in [-0.3, -0.25) is 0 Å². The minimum atomic E-state index is -0.603. The average molecular weight is 369 g/mol. The van der Waals surface area contributed by atoms with Gasteiger partial charge in [-0.1, -0.05) is 53.0 Å². The van der Waals surface area contributed by atoms with Crippen LogP contribution in [0.5, 0.6) is 0 Å². The van der Waals surface area contributed by atoms with Crippen molar-refractivity contribution in [1.29, 1.82) is 0 Å². The molecule has 0 aliphatic heterocycles. The lowest BCUT2D eigenvalue weighted by Crippen LogP contribution is -2.00. The zero-order valence-electron chi connectivity index (χ0n) is 11.5. The van der Waals surface area contributed by atoms with Gasteiger partial charge in [0.1, 0.15) is 12.7 Å². The fraction of sp³-hybridized carbons (Fsp3) is 0. The normalized spacial score (nSPS) is 12.2. The first-order valence-electron chi connectivity index (χ1n) is 6.52. The second-order valence-electron chi connectivity index (χ2n) is 4.64. The lowest BCUT2D eigenvalue weighted by molar-refractivity contribution is 0.653. The van der Waals surface area contributed by atoms with E-state index in [-0.39, 0.29) is 5.57 Å². The van der Waals surface area contributed by atoms with E-state index in [1.165, 1.54) is 12.7 Å². The Morgan fingerprint density at radius 3 is 2.26 bits per heavy atom. The Kier molecular flexibility index (Phi) is 4.66. The SMILES string of the molecule is FC(=C(c1ccc(Cl)cc1)c1ccc(Cl)cc1Cl)n1cncn1. The molecule has 0 atom stereocenters. The molecule has 0 unspecified atom stereocenters. The zero-order chi connectivity index (χ0) is 16.4. The molecule has 23 heavy (non-hydrogen) atoms. The third-order valence-corrected chi connectivity index (χ3v) is 3.96. The first kappa shape index (κ1) is 16.0. The second kappa shape index (κ2) is 6.71. The Hall–Kier alpha value is -1.88. The van der Waals surface area contributed by atoms with Crippen molar-refractivity contribution in [3.05, 3.63) is 81.3 Å². The van der Waals surface area contributed by atoms with Gasteiger partial charge in [0, 0.05) is 21.2 Å². The molecule has 3 rings (SSSR count). The van der Waals surface area contributed by atoms with E-state index in [4.69, 9.17) is 34.8 Å². The summed E-state index contributed by atoms with van der Waals surface area (Å²) in [4.78, 5) is 3.77. The Balaban J connectivity index is 2.26. The quantitative estimate of drug-likeness (QED) is 0.604. The van der Waals surface area contributed by atoms with Crippen LogP contribution in [0, 0.1) is 0 Å². The lowest BCUT2D eigenvalue weighted by atomic mass is 9.98. The van der Waals surface area contributed by atoms with Gasteiger partial charge in [0.2, 0.25) is 5.95 Å². The summed E-state index contributed by atoms with van der Waals surface area (Å²) in [5.41, 5.74) is 1.37. The first-order chi connectivity index (χ1) is 11.1. The molecule has 0 bridgehead atoms. The van der Waals surface area contributed by atoms with Gasteiger partial charge < -0.3 is 0 Å². The predicted octanol–water partition coefficient (Wildman–Crippen LogP) is 5.58. The van der Waals surface area contributed by atoms with E-state index in [0.29, 0.717) is 26.2 Å². The number of rotatable bonds is 3. The minimum absolute atomic E-state index is 0.272. The third kappa shape index (κ3) is 3.39. The molecule has 0 spiro atoms. The second-order valence-corrected chi connectivity index (χ2v) is 5.92. The van der Waals surface area contributed by atoms with Crippen molar-refractivity contribution in [3.63, 3.8) is 0 Å². The van der Waals surface area contributed by atoms with Crippen molar-refractivity contribution in [3.8, 4) is 0 Å². The fourth-order valence-corrected chi connectivity index (χ4v) is 2.75. The summed E-state index contributed by atoms with van der Waals surface area (Å²) in [5, 5.41) is 5.18. The van der Waals surface area contributed by atoms with Gasteiger partial charge in [-0.15, -0.1) is 0 Å². The van der Waals surface area contributed by atoms with E-state index in [9.17, 15) is 0 Å². The summed E-state index contributed by atoms with van der Waals surface area (Å²) in [5.74, 6) is -0.603. The van der Waals surface area contributed by atoms with Crippen molar-refractivity contribution >= 4 is 46.3 Å². The molecule has 1 aromatic heterocycles. The first-order valence-corrected chi connectivity index (χ1v) is 7.66. The highest BCUT2D eigenvalue weighted by atomic mass is 35.5. The minimum Gasteiger partial charge on any atom is -0.223 e. The van der Waals surface area contributed by atoms with Crippen molar-refractivity contribution in [2.75, 3.05) is 0 Å². The molecule has 2 aromatic carbocycles. The molecule has 0 aliphatic carbocycles. The van der Waals surface area contributed by atoms with E-state index in [0.717, 1.165) is 4.68 Å². The topological polar surface area (TPSA) is 30.7 Å². The molecular weight excluding hydrogens is 360 g/mol. The molecule has 0 saturated carbocycles. The monoisotopic (exact) mass is 367 g/mol. The highest BCUT2D eigenvalue weighted by Crippen LogP contribution is 2.35. The molecule has 0 N–H and O–H groups in total. The molecule has 0 amide bonds. The van der Waals surface area contributed by atoms with E-state index < -0.39 is 5.95 Å². The van der Waals surface area contributed by atoms with Crippen molar-refractivity contribution in [2.24, 2.45) is 0 Å². The molecule has 7 heteroatoms. The third-order valence-electron chi connectivity index (χ3n) is 3.16. The molecule has 0 aliphatic rings. The standard InChI is InChI=1S/C16H9Cl3FN3/c17-11-3-1-10(2-4-11)15(16(20)23-9-21-8-22-23)13-6-5-12(18)7-14(13)19/h1-9H. The summed E-state index contributed by atoms with van der Waals surface area (Å²) >= 11 is 18.1. The average Bonchev–Trinajstić information content (AvgIpc) is 3.05. The summed E-state index contributed by atoms with van der Waals surface area (Å²) in [6.45, 7) is 0. The van der Waals surface area contributed by atoms with Crippen molar-refractivity contribution < 1.29 is 4.39 Å². The molecule has 3 nitrogen and oxygen atoms in total. The van der Waals surface area contributed by atoms with Gasteiger partial charge in [0.15, 0.2) is 0 Å². The number of hydrogen-bond donors (Lipinski definition) is 0. The molecule has 1 heterocycles. The Labute approximate surface area is 146 Å². The van der Waals surface area contributed by atoms with Crippen LogP contribution in [0.3, 0.4) is 0 Å². The smallest absolute Gasteiger partial charge is 0.223 e. The van der Waals surface area contributed by atoms with Crippen LogP contribution in [0.15, 0.2) is 55.1 Å². The van der Waals surface area contributed by atoms with E-state index in [1.54, 1.807) is 42.5 Å². The number of halogens is 4. The van der Waals surface area contributed by atoms with Crippen molar-refractivity contribution in [2.45, 2.75) is 0 Å². The molecule has 116 valence electrons. The van der Waals surface area contributed by atoms with Crippen molar-refractivity contribution in [1.82, 2.24) is 14.8 Å². The molecule has 3 aromatic rings. The van der Waals surface area contributed by atoms with E-state index >= 15 is 4.39 Å². The van der Waals surface area contributed by atoms with Crippen LogP contribution in [0.1, 0.15) is 11.1 Å². The van der Waals surface area contributed by atoms with Crippen LogP contribution in [0.25, 0.3) is 11.5 Å². The zero-order valence-corrected chi connectivity index (χ0v) is 13.8. The lowest BCUT2D eigenvalue weighted by Gasteiger charge is -2.12. The molecular formula is C16H9Cl3FN3. The van der Waals surface area contributed by atoms with Crippen LogP contribution >= 0.6 is 34.8 Å². The van der Waals surface area contributed by atoms with Crippen LogP contribution in [-0.4, -0.2) is 14.8 Å². The molecule has 0 saturated heterocycles. The van der Waals surface area contributed by atoms with Gasteiger partial charge in [0.05, 0.1) is 5.02 Å². The van der Waals surface area contributed by atoms with Gasteiger partial charge in [-0.2, -0.15) is 14.2 Å². The highest BCUT2D eigenvalue weighted by Gasteiger charge is 2.17. The number of benzene rings is 2.